The Kier molecular flexibility index (Phi) is 2.35. The van der Waals surface area contributed by atoms with E-state index in [1.54, 1.807) is 0 Å². The number of anilines is 1. The van der Waals surface area contributed by atoms with E-state index in [1.165, 1.54) is 16.8 Å². The highest BCUT2D eigenvalue weighted by atomic mass is 16.4. The van der Waals surface area contributed by atoms with E-state index in [2.05, 4.69) is 30.0 Å². The molecule has 1 saturated heterocycles. The predicted octanol–water partition coefficient (Wildman–Crippen LogP) is 2.22. The summed E-state index contributed by atoms with van der Waals surface area (Å²) in [5.41, 5.74) is 3.96. The lowest BCUT2D eigenvalue weighted by Gasteiger charge is -2.36. The summed E-state index contributed by atoms with van der Waals surface area (Å²) in [6, 6.07) is 6.92. The summed E-state index contributed by atoms with van der Waals surface area (Å²) in [5, 5.41) is 9.15. The van der Waals surface area contributed by atoms with E-state index in [0.29, 0.717) is 12.6 Å². The van der Waals surface area contributed by atoms with Crippen LogP contribution in [0.2, 0.25) is 0 Å². The van der Waals surface area contributed by atoms with Gasteiger partial charge in [-0.2, -0.15) is 0 Å². The lowest BCUT2D eigenvalue weighted by Crippen LogP contribution is -2.43. The highest BCUT2D eigenvalue weighted by molar-refractivity contribution is 5.73. The molecule has 1 aromatic rings. The van der Waals surface area contributed by atoms with Gasteiger partial charge in [0.05, 0.1) is 5.92 Å². The van der Waals surface area contributed by atoms with Crippen LogP contribution in [0.1, 0.15) is 24.0 Å². The Morgan fingerprint density at radius 2 is 2.24 bits per heavy atom. The van der Waals surface area contributed by atoms with Gasteiger partial charge in [-0.25, -0.2) is 0 Å². The number of piperidine rings is 1. The maximum absolute atomic E-state index is 11.1. The second-order valence-electron chi connectivity index (χ2n) is 5.21. The summed E-state index contributed by atoms with van der Waals surface area (Å²) in [6.07, 6.45) is 2.91. The lowest BCUT2D eigenvalue weighted by atomic mass is 9.93. The van der Waals surface area contributed by atoms with Gasteiger partial charge in [0, 0.05) is 18.3 Å². The van der Waals surface area contributed by atoms with Crippen molar-refractivity contribution in [3.63, 3.8) is 0 Å². The molecule has 2 atom stereocenters. The maximum atomic E-state index is 11.1. The number of aliphatic carboxylic acids is 1. The van der Waals surface area contributed by atoms with Gasteiger partial charge < -0.3 is 10.0 Å². The van der Waals surface area contributed by atoms with Gasteiger partial charge in [-0.15, -0.1) is 0 Å². The van der Waals surface area contributed by atoms with Crippen LogP contribution in [0.4, 0.5) is 5.69 Å². The van der Waals surface area contributed by atoms with Crippen LogP contribution in [-0.4, -0.2) is 23.7 Å². The van der Waals surface area contributed by atoms with Crippen molar-refractivity contribution in [3.05, 3.63) is 29.3 Å². The SMILES string of the molecule is Cc1cccc2c1N1CC(C(=O)O)CCC1C2. The Hall–Kier alpha value is -1.51. The third kappa shape index (κ3) is 1.61. The van der Waals surface area contributed by atoms with Crippen molar-refractivity contribution in [3.8, 4) is 0 Å². The third-order valence-electron chi connectivity index (χ3n) is 4.12. The Morgan fingerprint density at radius 3 is 3.00 bits per heavy atom. The minimum Gasteiger partial charge on any atom is -0.481 e. The summed E-state index contributed by atoms with van der Waals surface area (Å²) in [5.74, 6) is -0.845. The van der Waals surface area contributed by atoms with Crippen molar-refractivity contribution < 1.29 is 9.90 Å². The van der Waals surface area contributed by atoms with Crippen molar-refractivity contribution in [2.24, 2.45) is 5.92 Å². The maximum Gasteiger partial charge on any atom is 0.308 e. The monoisotopic (exact) mass is 231 g/mol. The van der Waals surface area contributed by atoms with Gasteiger partial charge in [0.2, 0.25) is 0 Å². The molecule has 0 radical (unpaired) electrons. The first-order valence-corrected chi connectivity index (χ1v) is 6.25. The zero-order chi connectivity index (χ0) is 12.0. The van der Waals surface area contributed by atoms with E-state index < -0.39 is 5.97 Å². The molecule has 1 aromatic carbocycles. The number of aryl methyl sites for hydroxylation is 1. The van der Waals surface area contributed by atoms with E-state index >= 15 is 0 Å². The molecule has 1 fully saturated rings. The predicted molar refractivity (Wildman–Crippen MR) is 66.4 cm³/mol. The lowest BCUT2D eigenvalue weighted by molar-refractivity contribution is -0.142. The molecule has 1 N–H and O–H groups in total. The zero-order valence-electron chi connectivity index (χ0n) is 10.0. The molecular formula is C14H17NO2. The molecular weight excluding hydrogens is 214 g/mol. The molecule has 0 aromatic heterocycles. The Balaban J connectivity index is 1.95. The minimum absolute atomic E-state index is 0.197. The van der Waals surface area contributed by atoms with Crippen LogP contribution in [0, 0.1) is 12.8 Å². The Bertz CT molecular complexity index is 469. The number of para-hydroxylation sites is 1. The van der Waals surface area contributed by atoms with Crippen molar-refractivity contribution in [1.82, 2.24) is 0 Å². The first-order valence-electron chi connectivity index (χ1n) is 6.25. The number of carbonyl (C=O) groups is 1. The van der Waals surface area contributed by atoms with Crippen molar-refractivity contribution in [1.29, 1.82) is 0 Å². The molecule has 90 valence electrons. The van der Waals surface area contributed by atoms with Crippen LogP contribution in [0.5, 0.6) is 0 Å². The molecule has 2 heterocycles. The van der Waals surface area contributed by atoms with Crippen molar-refractivity contribution >= 4 is 11.7 Å². The molecule has 2 aliphatic heterocycles. The number of rotatable bonds is 1. The van der Waals surface area contributed by atoms with Gasteiger partial charge in [-0.1, -0.05) is 18.2 Å². The summed E-state index contributed by atoms with van der Waals surface area (Å²) in [6.45, 7) is 2.80. The van der Waals surface area contributed by atoms with Gasteiger partial charge >= 0.3 is 5.97 Å². The molecule has 2 unspecified atom stereocenters. The fourth-order valence-electron chi connectivity index (χ4n) is 3.26. The van der Waals surface area contributed by atoms with Gasteiger partial charge in [-0.3, -0.25) is 4.79 Å². The highest BCUT2D eigenvalue weighted by Crippen LogP contribution is 2.40. The fraction of sp³-hybridized carbons (Fsp3) is 0.500. The quantitative estimate of drug-likeness (QED) is 0.805. The van der Waals surface area contributed by atoms with E-state index in [0.717, 1.165) is 19.3 Å². The van der Waals surface area contributed by atoms with Crippen LogP contribution in [0.15, 0.2) is 18.2 Å². The molecule has 3 nitrogen and oxygen atoms in total. The summed E-state index contributed by atoms with van der Waals surface area (Å²) in [7, 11) is 0. The summed E-state index contributed by atoms with van der Waals surface area (Å²) < 4.78 is 0. The largest absolute Gasteiger partial charge is 0.481 e. The van der Waals surface area contributed by atoms with Gasteiger partial charge in [0.25, 0.3) is 0 Å². The highest BCUT2D eigenvalue weighted by Gasteiger charge is 2.37. The van der Waals surface area contributed by atoms with Crippen LogP contribution in [0.25, 0.3) is 0 Å². The standard InChI is InChI=1S/C14H17NO2/c1-9-3-2-4-10-7-12-6-5-11(14(16)17)8-15(12)13(9)10/h2-4,11-12H,5-8H2,1H3,(H,16,17). The number of hydrogen-bond acceptors (Lipinski definition) is 2. The first-order chi connectivity index (χ1) is 8.16. The van der Waals surface area contributed by atoms with Crippen LogP contribution >= 0.6 is 0 Å². The molecule has 0 amide bonds. The zero-order valence-corrected chi connectivity index (χ0v) is 10.0. The van der Waals surface area contributed by atoms with Crippen LogP contribution in [-0.2, 0) is 11.2 Å². The number of hydrogen-bond donors (Lipinski definition) is 1. The summed E-state index contributed by atoms with van der Waals surface area (Å²) >= 11 is 0. The molecule has 0 saturated carbocycles. The average molecular weight is 231 g/mol. The number of carboxylic acid groups (broad SMARTS) is 1. The van der Waals surface area contributed by atoms with Crippen LogP contribution in [0.3, 0.4) is 0 Å². The molecule has 0 spiro atoms. The smallest absolute Gasteiger partial charge is 0.308 e. The third-order valence-corrected chi connectivity index (χ3v) is 4.12. The number of benzene rings is 1. The molecule has 2 aliphatic rings. The van der Waals surface area contributed by atoms with Crippen molar-refractivity contribution in [2.75, 3.05) is 11.4 Å². The van der Waals surface area contributed by atoms with Crippen molar-refractivity contribution in [2.45, 2.75) is 32.2 Å². The van der Waals surface area contributed by atoms with E-state index in [9.17, 15) is 4.79 Å². The number of carboxylic acids is 1. The molecule has 0 aliphatic carbocycles. The second kappa shape index (κ2) is 3.76. The van der Waals surface area contributed by atoms with Gasteiger partial charge in [-0.05, 0) is 37.3 Å². The topological polar surface area (TPSA) is 40.5 Å². The second-order valence-corrected chi connectivity index (χ2v) is 5.21. The fourth-order valence-corrected chi connectivity index (χ4v) is 3.26. The van der Waals surface area contributed by atoms with Gasteiger partial charge in [0.15, 0.2) is 0 Å². The Morgan fingerprint density at radius 1 is 1.41 bits per heavy atom. The summed E-state index contributed by atoms with van der Waals surface area (Å²) in [4.78, 5) is 13.4. The first kappa shape index (κ1) is 10.6. The van der Waals surface area contributed by atoms with E-state index in [-0.39, 0.29) is 5.92 Å². The molecule has 0 bridgehead atoms. The molecule has 17 heavy (non-hydrogen) atoms. The molecule has 3 heteroatoms. The number of fused-ring (bicyclic) bond motifs is 3. The molecule has 3 rings (SSSR count). The number of nitrogens with zero attached hydrogens (tertiary/aromatic N) is 1. The Labute approximate surface area is 101 Å². The minimum atomic E-state index is -0.648. The van der Waals surface area contributed by atoms with E-state index in [1.807, 2.05) is 0 Å². The van der Waals surface area contributed by atoms with E-state index in [4.69, 9.17) is 5.11 Å². The van der Waals surface area contributed by atoms with Gasteiger partial charge in [0.1, 0.15) is 0 Å². The normalized spacial score (nSPS) is 26.5. The average Bonchev–Trinajstić information content (AvgIpc) is 2.67. The van der Waals surface area contributed by atoms with Crippen LogP contribution < -0.4 is 4.90 Å².